The van der Waals surface area contributed by atoms with Gasteiger partial charge in [-0.15, -0.1) is 0 Å². The average molecular weight is 380 g/mol. The molecular formula is C24H28O4. The standard InChI is InChI=1S/C24H28O4/c1-16(17-8-12-19(13-9-17)21(25)27-23(2,3)4)18-10-14-20(15-11-18)22(26)28-24(5,6)7/h8-15H,1H2,2-7H3. The lowest BCUT2D eigenvalue weighted by Crippen LogP contribution is -2.23. The van der Waals surface area contributed by atoms with Gasteiger partial charge in [0.2, 0.25) is 0 Å². The van der Waals surface area contributed by atoms with E-state index >= 15 is 0 Å². The molecule has 0 aliphatic heterocycles. The van der Waals surface area contributed by atoms with Crippen LogP contribution < -0.4 is 0 Å². The molecule has 4 nitrogen and oxygen atoms in total. The highest BCUT2D eigenvalue weighted by Gasteiger charge is 2.19. The van der Waals surface area contributed by atoms with Crippen LogP contribution in [0, 0.1) is 0 Å². The smallest absolute Gasteiger partial charge is 0.338 e. The molecule has 0 spiro atoms. The van der Waals surface area contributed by atoms with E-state index in [0.29, 0.717) is 11.1 Å². The van der Waals surface area contributed by atoms with Crippen LogP contribution in [0.4, 0.5) is 0 Å². The molecule has 0 radical (unpaired) electrons. The Kier molecular flexibility index (Phi) is 6.13. The van der Waals surface area contributed by atoms with E-state index in [4.69, 9.17) is 9.47 Å². The lowest BCUT2D eigenvalue weighted by atomic mass is 9.97. The normalized spacial score (nSPS) is 11.6. The van der Waals surface area contributed by atoms with Crippen LogP contribution >= 0.6 is 0 Å². The van der Waals surface area contributed by atoms with Crippen molar-refractivity contribution in [1.82, 2.24) is 0 Å². The molecule has 0 bridgehead atoms. The maximum absolute atomic E-state index is 12.1. The number of esters is 2. The lowest BCUT2D eigenvalue weighted by molar-refractivity contribution is 0.00570. The Morgan fingerprint density at radius 1 is 0.607 bits per heavy atom. The molecule has 0 amide bonds. The van der Waals surface area contributed by atoms with Gasteiger partial charge in [-0.1, -0.05) is 30.8 Å². The van der Waals surface area contributed by atoms with Gasteiger partial charge in [0.1, 0.15) is 11.2 Å². The third-order valence-electron chi connectivity index (χ3n) is 3.74. The first-order valence-electron chi connectivity index (χ1n) is 9.22. The van der Waals surface area contributed by atoms with Gasteiger partial charge in [0.15, 0.2) is 0 Å². The highest BCUT2D eigenvalue weighted by molar-refractivity contribution is 5.92. The number of benzene rings is 2. The van der Waals surface area contributed by atoms with Crippen LogP contribution in [0.15, 0.2) is 55.1 Å². The molecule has 0 fully saturated rings. The Morgan fingerprint density at radius 2 is 0.857 bits per heavy atom. The first kappa shape index (κ1) is 21.4. The van der Waals surface area contributed by atoms with Crippen molar-refractivity contribution in [2.45, 2.75) is 52.7 Å². The highest BCUT2D eigenvalue weighted by Crippen LogP contribution is 2.23. The van der Waals surface area contributed by atoms with Crippen LogP contribution in [0.25, 0.3) is 5.57 Å². The molecule has 0 atom stereocenters. The fourth-order valence-corrected chi connectivity index (χ4v) is 2.46. The summed E-state index contributed by atoms with van der Waals surface area (Å²) in [6, 6.07) is 14.3. The molecule has 0 saturated heterocycles. The second-order valence-corrected chi connectivity index (χ2v) is 8.64. The summed E-state index contributed by atoms with van der Waals surface area (Å²) >= 11 is 0. The van der Waals surface area contributed by atoms with Crippen molar-refractivity contribution in [3.05, 3.63) is 77.4 Å². The van der Waals surface area contributed by atoms with Gasteiger partial charge in [-0.3, -0.25) is 0 Å². The lowest BCUT2D eigenvalue weighted by Gasteiger charge is -2.19. The Morgan fingerprint density at radius 3 is 1.11 bits per heavy atom. The van der Waals surface area contributed by atoms with E-state index < -0.39 is 11.2 Å². The third-order valence-corrected chi connectivity index (χ3v) is 3.74. The molecule has 2 aromatic rings. The summed E-state index contributed by atoms with van der Waals surface area (Å²) in [4.78, 5) is 24.2. The van der Waals surface area contributed by atoms with Gasteiger partial charge in [0, 0.05) is 0 Å². The molecule has 28 heavy (non-hydrogen) atoms. The minimum atomic E-state index is -0.533. The molecule has 0 N–H and O–H groups in total. The van der Waals surface area contributed by atoms with Crippen LogP contribution in [-0.4, -0.2) is 23.1 Å². The predicted octanol–water partition coefficient (Wildman–Crippen LogP) is 5.66. The van der Waals surface area contributed by atoms with Crippen LogP contribution in [-0.2, 0) is 9.47 Å². The van der Waals surface area contributed by atoms with E-state index in [-0.39, 0.29) is 11.9 Å². The summed E-state index contributed by atoms with van der Waals surface area (Å²) in [6.07, 6.45) is 0. The van der Waals surface area contributed by atoms with Gasteiger partial charge in [0.25, 0.3) is 0 Å². The van der Waals surface area contributed by atoms with Gasteiger partial charge in [-0.05, 0) is 82.5 Å². The molecule has 2 rings (SSSR count). The second kappa shape index (κ2) is 8.01. The molecule has 0 aliphatic rings. The topological polar surface area (TPSA) is 52.6 Å². The predicted molar refractivity (Wildman–Crippen MR) is 111 cm³/mol. The van der Waals surface area contributed by atoms with Gasteiger partial charge < -0.3 is 9.47 Å². The molecule has 2 aromatic carbocycles. The number of carbonyl (C=O) groups is 2. The van der Waals surface area contributed by atoms with Crippen LogP contribution in [0.1, 0.15) is 73.4 Å². The SMILES string of the molecule is C=C(c1ccc(C(=O)OC(C)(C)C)cc1)c1ccc(C(=O)OC(C)(C)C)cc1. The summed E-state index contributed by atoms with van der Waals surface area (Å²) in [5, 5.41) is 0. The van der Waals surface area contributed by atoms with Crippen LogP contribution in [0.3, 0.4) is 0 Å². The van der Waals surface area contributed by atoms with Crippen molar-refractivity contribution in [2.75, 3.05) is 0 Å². The zero-order valence-corrected chi connectivity index (χ0v) is 17.5. The largest absolute Gasteiger partial charge is 0.456 e. The van der Waals surface area contributed by atoms with E-state index in [0.717, 1.165) is 16.7 Å². The molecule has 148 valence electrons. The summed E-state index contributed by atoms with van der Waals surface area (Å²) in [7, 11) is 0. The zero-order valence-electron chi connectivity index (χ0n) is 17.5. The summed E-state index contributed by atoms with van der Waals surface area (Å²) in [5.41, 5.74) is 2.49. The van der Waals surface area contributed by atoms with Gasteiger partial charge in [-0.2, -0.15) is 0 Å². The summed E-state index contributed by atoms with van der Waals surface area (Å²) in [6.45, 7) is 15.1. The third kappa shape index (κ3) is 6.08. The highest BCUT2D eigenvalue weighted by atomic mass is 16.6. The maximum Gasteiger partial charge on any atom is 0.338 e. The first-order valence-corrected chi connectivity index (χ1v) is 9.22. The summed E-state index contributed by atoms with van der Waals surface area (Å²) in [5.74, 6) is -0.710. The second-order valence-electron chi connectivity index (χ2n) is 8.64. The fraction of sp³-hybridized carbons (Fsp3) is 0.333. The van der Waals surface area contributed by atoms with Crippen molar-refractivity contribution in [3.8, 4) is 0 Å². The Hall–Kier alpha value is -2.88. The van der Waals surface area contributed by atoms with E-state index in [2.05, 4.69) is 6.58 Å². The Balaban J connectivity index is 2.11. The van der Waals surface area contributed by atoms with E-state index in [1.807, 2.05) is 65.8 Å². The molecule has 0 heterocycles. The van der Waals surface area contributed by atoms with Gasteiger partial charge in [-0.25, -0.2) is 9.59 Å². The van der Waals surface area contributed by atoms with Crippen molar-refractivity contribution < 1.29 is 19.1 Å². The molecule has 4 heteroatoms. The van der Waals surface area contributed by atoms with E-state index in [9.17, 15) is 9.59 Å². The van der Waals surface area contributed by atoms with Crippen molar-refractivity contribution in [3.63, 3.8) is 0 Å². The molecule has 0 saturated carbocycles. The average Bonchev–Trinajstić information content (AvgIpc) is 2.58. The fourth-order valence-electron chi connectivity index (χ4n) is 2.46. The molecule has 0 aliphatic carbocycles. The minimum absolute atomic E-state index is 0.355. The first-order chi connectivity index (χ1) is 12.9. The number of carbonyl (C=O) groups excluding carboxylic acids is 2. The van der Waals surface area contributed by atoms with Gasteiger partial charge >= 0.3 is 11.9 Å². The van der Waals surface area contributed by atoms with Crippen molar-refractivity contribution >= 4 is 17.5 Å². The molecule has 0 unspecified atom stereocenters. The van der Waals surface area contributed by atoms with Crippen molar-refractivity contribution in [2.24, 2.45) is 0 Å². The Bertz CT molecular complexity index is 787. The maximum atomic E-state index is 12.1. The van der Waals surface area contributed by atoms with E-state index in [1.165, 1.54) is 0 Å². The number of rotatable bonds is 4. The monoisotopic (exact) mass is 380 g/mol. The van der Waals surface area contributed by atoms with E-state index in [1.54, 1.807) is 24.3 Å². The summed E-state index contributed by atoms with van der Waals surface area (Å²) < 4.78 is 10.7. The molecular weight excluding hydrogens is 352 g/mol. The van der Waals surface area contributed by atoms with Gasteiger partial charge in [0.05, 0.1) is 11.1 Å². The van der Waals surface area contributed by atoms with Crippen LogP contribution in [0.2, 0.25) is 0 Å². The van der Waals surface area contributed by atoms with Crippen LogP contribution in [0.5, 0.6) is 0 Å². The number of hydrogen-bond donors (Lipinski definition) is 0. The minimum Gasteiger partial charge on any atom is -0.456 e. The van der Waals surface area contributed by atoms with Crippen molar-refractivity contribution in [1.29, 1.82) is 0 Å². The zero-order chi connectivity index (χ0) is 21.1. The molecule has 0 aromatic heterocycles. The number of ether oxygens (including phenoxy) is 2. The number of hydrogen-bond acceptors (Lipinski definition) is 4. The Labute approximate surface area is 167 Å². The quantitative estimate of drug-likeness (QED) is 0.642.